The second-order valence-electron chi connectivity index (χ2n) is 9.25. The van der Waals surface area contributed by atoms with Crippen LogP contribution in [0.3, 0.4) is 0 Å². The Morgan fingerprint density at radius 2 is 1.71 bits per heavy atom. The van der Waals surface area contributed by atoms with Gasteiger partial charge in [0.2, 0.25) is 5.88 Å². The van der Waals surface area contributed by atoms with Gasteiger partial charge < -0.3 is 15.8 Å². The first-order valence-corrected chi connectivity index (χ1v) is 12.2. The summed E-state index contributed by atoms with van der Waals surface area (Å²) in [6.07, 6.45) is 3.48. The van der Waals surface area contributed by atoms with Crippen molar-refractivity contribution in [1.29, 1.82) is 0 Å². The molecule has 2 heterocycles. The van der Waals surface area contributed by atoms with Crippen LogP contribution in [0.15, 0.2) is 67.0 Å². The van der Waals surface area contributed by atoms with Gasteiger partial charge in [-0.1, -0.05) is 24.3 Å². The topological polar surface area (TPSA) is 107 Å². The van der Waals surface area contributed by atoms with Crippen molar-refractivity contribution in [2.45, 2.75) is 45.3 Å². The van der Waals surface area contributed by atoms with Crippen molar-refractivity contribution in [1.82, 2.24) is 15.3 Å². The van der Waals surface area contributed by atoms with Crippen LogP contribution >= 0.6 is 0 Å². The number of rotatable bonds is 10. The summed E-state index contributed by atoms with van der Waals surface area (Å²) in [4.78, 5) is 34.6. The maximum atomic E-state index is 13.9. The highest BCUT2D eigenvalue weighted by atomic mass is 19.2. The first kappa shape index (κ1) is 26.7. The van der Waals surface area contributed by atoms with Crippen molar-refractivity contribution in [3.05, 3.63) is 95.3 Å². The number of aryl methyl sites for hydroxylation is 1. The van der Waals surface area contributed by atoms with Crippen LogP contribution in [0.25, 0.3) is 10.8 Å². The molecule has 0 unspecified atom stereocenters. The van der Waals surface area contributed by atoms with E-state index in [0.29, 0.717) is 17.8 Å². The number of carbonyl (C=O) groups is 2. The lowest BCUT2D eigenvalue weighted by atomic mass is 9.96. The fourth-order valence-electron chi connectivity index (χ4n) is 4.09. The molecule has 9 heteroatoms. The van der Waals surface area contributed by atoms with E-state index in [1.165, 1.54) is 24.4 Å². The van der Waals surface area contributed by atoms with Crippen molar-refractivity contribution >= 4 is 28.3 Å². The normalized spacial score (nSPS) is 11.9. The summed E-state index contributed by atoms with van der Waals surface area (Å²) in [7, 11) is 0. The molecule has 1 amide bonds. The molecule has 0 bridgehead atoms. The van der Waals surface area contributed by atoms with Crippen molar-refractivity contribution in [2.75, 3.05) is 5.73 Å². The number of aromatic nitrogens is 2. The summed E-state index contributed by atoms with van der Waals surface area (Å²) in [5.74, 6) is -2.04. The Kier molecular flexibility index (Phi) is 8.25. The lowest BCUT2D eigenvalue weighted by Gasteiger charge is -2.19. The van der Waals surface area contributed by atoms with Gasteiger partial charge in [0.1, 0.15) is 5.82 Å². The minimum Gasteiger partial charge on any atom is -0.475 e. The zero-order valence-corrected chi connectivity index (χ0v) is 21.1. The number of ether oxygens (including phenoxy) is 1. The number of hydrogen-bond acceptors (Lipinski definition) is 6. The van der Waals surface area contributed by atoms with E-state index in [-0.39, 0.29) is 36.2 Å². The number of nitrogens with two attached hydrogens (primary N) is 1. The Morgan fingerprint density at radius 3 is 2.47 bits per heavy atom. The molecule has 4 rings (SSSR count). The molecule has 38 heavy (non-hydrogen) atoms. The quantitative estimate of drug-likeness (QED) is 0.312. The number of amides is 1. The molecule has 3 N–H and O–H groups in total. The molecule has 0 aliphatic carbocycles. The molecule has 4 aromatic rings. The third kappa shape index (κ3) is 6.67. The van der Waals surface area contributed by atoms with Gasteiger partial charge in [0.05, 0.1) is 12.1 Å². The number of Topliss-reactive ketones (excluding diaryl/α,β-unsaturated/α-hetero) is 1. The Hall–Kier alpha value is -4.40. The highest BCUT2D eigenvalue weighted by Gasteiger charge is 2.23. The predicted octanol–water partition coefficient (Wildman–Crippen LogP) is 4.82. The number of carbonyl (C=O) groups excluding carboxylic acids is 2. The van der Waals surface area contributed by atoms with Crippen LogP contribution in [0.4, 0.5) is 14.6 Å². The zero-order valence-electron chi connectivity index (χ0n) is 21.1. The predicted molar refractivity (Wildman–Crippen MR) is 141 cm³/mol. The van der Waals surface area contributed by atoms with E-state index in [1.54, 1.807) is 6.20 Å². The molecule has 0 saturated carbocycles. The minimum absolute atomic E-state index is 0.00211. The van der Waals surface area contributed by atoms with Crippen LogP contribution in [0.2, 0.25) is 0 Å². The van der Waals surface area contributed by atoms with Crippen molar-refractivity contribution in [3.63, 3.8) is 0 Å². The van der Waals surface area contributed by atoms with Crippen LogP contribution in [-0.2, 0) is 17.6 Å². The SMILES string of the molecule is CC(C)Oc1cc(C(=O)N[C@@H](Cc2ccc(F)c(F)c2)C(=O)CCc2ccc3c(N)nccc3c2)ccn1. The van der Waals surface area contributed by atoms with E-state index >= 15 is 0 Å². The Labute approximate surface area is 219 Å². The number of pyridine rings is 2. The fourth-order valence-corrected chi connectivity index (χ4v) is 4.09. The fraction of sp³-hybridized carbons (Fsp3) is 0.241. The molecule has 196 valence electrons. The van der Waals surface area contributed by atoms with Crippen molar-refractivity contribution in [3.8, 4) is 5.88 Å². The minimum atomic E-state index is -1.02. The summed E-state index contributed by atoms with van der Waals surface area (Å²) < 4.78 is 32.9. The number of anilines is 1. The van der Waals surface area contributed by atoms with Crippen molar-refractivity contribution < 1.29 is 23.1 Å². The lowest BCUT2D eigenvalue weighted by molar-refractivity contribution is -0.120. The maximum Gasteiger partial charge on any atom is 0.252 e. The highest BCUT2D eigenvalue weighted by molar-refractivity contribution is 5.98. The lowest BCUT2D eigenvalue weighted by Crippen LogP contribution is -2.42. The number of nitrogen functional groups attached to an aromatic ring is 1. The zero-order chi connectivity index (χ0) is 27.2. The van der Waals surface area contributed by atoms with Gasteiger partial charge in [-0.25, -0.2) is 18.7 Å². The molecule has 0 radical (unpaired) electrons. The van der Waals surface area contributed by atoms with Crippen LogP contribution in [0.1, 0.15) is 41.8 Å². The van der Waals surface area contributed by atoms with Gasteiger partial charge in [0.15, 0.2) is 17.4 Å². The van der Waals surface area contributed by atoms with Gasteiger partial charge in [-0.05, 0) is 67.5 Å². The summed E-state index contributed by atoms with van der Waals surface area (Å²) in [6, 6.07) is 13.0. The first-order chi connectivity index (χ1) is 18.2. The number of nitrogens with zero attached hydrogens (tertiary/aromatic N) is 2. The van der Waals surface area contributed by atoms with E-state index in [9.17, 15) is 18.4 Å². The molecule has 0 spiro atoms. The van der Waals surface area contributed by atoms with Gasteiger partial charge in [0, 0.05) is 35.8 Å². The molecule has 1 atom stereocenters. The second kappa shape index (κ2) is 11.8. The third-order valence-corrected chi connectivity index (χ3v) is 5.99. The van der Waals surface area contributed by atoms with Gasteiger partial charge in [-0.2, -0.15) is 0 Å². The molecule has 0 saturated heterocycles. The highest BCUT2D eigenvalue weighted by Crippen LogP contribution is 2.21. The van der Waals surface area contributed by atoms with Gasteiger partial charge in [0.25, 0.3) is 5.91 Å². The number of nitrogens with one attached hydrogen (secondary N) is 1. The summed E-state index contributed by atoms with van der Waals surface area (Å²) in [5.41, 5.74) is 7.48. The first-order valence-electron chi connectivity index (χ1n) is 12.2. The van der Waals surface area contributed by atoms with Crippen molar-refractivity contribution in [2.24, 2.45) is 0 Å². The van der Waals surface area contributed by atoms with E-state index in [0.717, 1.165) is 28.5 Å². The molecule has 0 aliphatic rings. The molecular formula is C29H28F2N4O3. The molecule has 2 aromatic heterocycles. The number of benzene rings is 2. The second-order valence-corrected chi connectivity index (χ2v) is 9.25. The number of halogens is 2. The molecule has 0 fully saturated rings. The molecule has 7 nitrogen and oxygen atoms in total. The van der Waals surface area contributed by atoms with E-state index in [2.05, 4.69) is 15.3 Å². The Balaban J connectivity index is 1.52. The standard InChI is InChI=1S/C29H28F2N4O3/c1-17(2)38-27-16-21(10-11-33-27)29(37)35-25(15-19-4-7-23(30)24(31)14-19)26(36)8-5-18-3-6-22-20(13-18)9-12-34-28(22)32/h3-4,6-7,9-14,16-17,25H,5,8,15H2,1-2H3,(H2,32,34)(H,35,37)/t25-/m0/s1. The van der Waals surface area contributed by atoms with Crippen LogP contribution in [0, 0.1) is 11.6 Å². The van der Waals surface area contributed by atoms with Gasteiger partial charge in [-0.3, -0.25) is 9.59 Å². The van der Waals surface area contributed by atoms with Crippen LogP contribution in [-0.4, -0.2) is 33.8 Å². The molecular weight excluding hydrogens is 490 g/mol. The molecule has 0 aliphatic heterocycles. The smallest absolute Gasteiger partial charge is 0.252 e. The maximum absolute atomic E-state index is 13.9. The summed E-state index contributed by atoms with van der Waals surface area (Å²) >= 11 is 0. The average Bonchev–Trinajstić information content (AvgIpc) is 2.89. The summed E-state index contributed by atoms with van der Waals surface area (Å²) in [6.45, 7) is 3.68. The van der Waals surface area contributed by atoms with Crippen LogP contribution in [0.5, 0.6) is 5.88 Å². The van der Waals surface area contributed by atoms with E-state index in [4.69, 9.17) is 10.5 Å². The number of hydrogen-bond donors (Lipinski definition) is 2. The largest absolute Gasteiger partial charge is 0.475 e. The summed E-state index contributed by atoms with van der Waals surface area (Å²) in [5, 5.41) is 4.49. The monoisotopic (exact) mass is 518 g/mol. The van der Waals surface area contributed by atoms with Crippen LogP contribution < -0.4 is 15.8 Å². The molecule has 2 aromatic carbocycles. The average molecular weight is 519 g/mol. The van der Waals surface area contributed by atoms with Gasteiger partial charge >= 0.3 is 0 Å². The van der Waals surface area contributed by atoms with E-state index < -0.39 is 23.6 Å². The Bertz CT molecular complexity index is 1480. The Morgan fingerprint density at radius 1 is 0.947 bits per heavy atom. The van der Waals surface area contributed by atoms with Gasteiger partial charge in [-0.15, -0.1) is 0 Å². The van der Waals surface area contributed by atoms with E-state index in [1.807, 2.05) is 38.1 Å². The third-order valence-electron chi connectivity index (χ3n) is 5.99. The number of ketones is 1. The number of fused-ring (bicyclic) bond motifs is 1.